The van der Waals surface area contributed by atoms with Crippen LogP contribution in [0.1, 0.15) is 17.5 Å². The molecule has 1 unspecified atom stereocenters. The van der Waals surface area contributed by atoms with E-state index in [-0.39, 0.29) is 19.1 Å². The number of hydrogen-bond acceptors (Lipinski definition) is 3. The van der Waals surface area contributed by atoms with Gasteiger partial charge in [0, 0.05) is 13.2 Å². The lowest BCUT2D eigenvalue weighted by molar-refractivity contribution is 0.183. The molecule has 2 aromatic carbocycles. The molecule has 0 bridgehead atoms. The van der Waals surface area contributed by atoms with Gasteiger partial charge in [-0.2, -0.15) is 0 Å². The van der Waals surface area contributed by atoms with Crippen molar-refractivity contribution >= 4 is 0 Å². The molecule has 2 N–H and O–H groups in total. The molecule has 0 amide bonds. The van der Waals surface area contributed by atoms with Crippen molar-refractivity contribution in [2.75, 3.05) is 13.2 Å². The van der Waals surface area contributed by atoms with Gasteiger partial charge < -0.3 is 14.9 Å². The number of ether oxygens (including phenoxy) is 1. The minimum Gasteiger partial charge on any atom is -0.489 e. The highest BCUT2D eigenvalue weighted by atomic mass is 16.5. The molecule has 0 aliphatic carbocycles. The van der Waals surface area contributed by atoms with Gasteiger partial charge in [0.05, 0.1) is 0 Å². The first kappa shape index (κ1) is 15.5. The van der Waals surface area contributed by atoms with E-state index in [9.17, 15) is 5.11 Å². The maximum atomic E-state index is 9.30. The fourth-order valence-corrected chi connectivity index (χ4v) is 2.28. The Morgan fingerprint density at radius 2 is 1.67 bits per heavy atom. The number of aliphatic hydroxyl groups excluding tert-OH is 2. The number of hydrogen-bond donors (Lipinski definition) is 2. The molecule has 0 aliphatic rings. The van der Waals surface area contributed by atoms with Crippen molar-refractivity contribution in [1.29, 1.82) is 0 Å². The molecule has 1 atom stereocenters. The topological polar surface area (TPSA) is 49.7 Å². The third-order valence-electron chi connectivity index (χ3n) is 3.47. The largest absolute Gasteiger partial charge is 0.489 e. The minimum atomic E-state index is 0.0929. The molecule has 3 nitrogen and oxygen atoms in total. The predicted octanol–water partition coefficient (Wildman–Crippen LogP) is 2.80. The van der Waals surface area contributed by atoms with E-state index in [0.29, 0.717) is 13.0 Å². The molecule has 21 heavy (non-hydrogen) atoms. The van der Waals surface area contributed by atoms with E-state index in [1.807, 2.05) is 54.6 Å². The van der Waals surface area contributed by atoms with Crippen molar-refractivity contribution in [3.63, 3.8) is 0 Å². The van der Waals surface area contributed by atoms with Crippen LogP contribution in [0.5, 0.6) is 5.75 Å². The van der Waals surface area contributed by atoms with Gasteiger partial charge in [-0.3, -0.25) is 0 Å². The first-order chi connectivity index (χ1) is 10.3. The molecule has 2 aromatic rings. The fraction of sp³-hybridized carbons (Fsp3) is 0.333. The Bertz CT molecular complexity index is 525. The molecule has 0 saturated carbocycles. The Kier molecular flexibility index (Phi) is 6.25. The summed E-state index contributed by atoms with van der Waals surface area (Å²) in [7, 11) is 0. The third-order valence-corrected chi connectivity index (χ3v) is 3.47. The Morgan fingerprint density at radius 1 is 0.905 bits per heavy atom. The van der Waals surface area contributed by atoms with E-state index in [4.69, 9.17) is 9.84 Å². The van der Waals surface area contributed by atoms with Crippen LogP contribution in [0.15, 0.2) is 54.6 Å². The van der Waals surface area contributed by atoms with E-state index in [1.54, 1.807) is 0 Å². The summed E-state index contributed by atoms with van der Waals surface area (Å²) >= 11 is 0. The van der Waals surface area contributed by atoms with Gasteiger partial charge in [0.1, 0.15) is 12.4 Å². The van der Waals surface area contributed by atoms with Crippen molar-refractivity contribution in [3.8, 4) is 5.75 Å². The average molecular weight is 286 g/mol. The molecule has 2 rings (SSSR count). The Balaban J connectivity index is 1.94. The standard InChI is InChI=1S/C18H22O3/c19-10-9-17(13-20)11-16-7-4-8-18(12-16)21-14-15-5-2-1-3-6-15/h1-8,12,17,19-20H,9-11,13-14H2. The summed E-state index contributed by atoms with van der Waals surface area (Å²) in [5.74, 6) is 0.927. The van der Waals surface area contributed by atoms with Crippen LogP contribution in [0.3, 0.4) is 0 Å². The molecule has 0 fully saturated rings. The van der Waals surface area contributed by atoms with Crippen LogP contribution in [0.25, 0.3) is 0 Å². The van der Waals surface area contributed by atoms with Crippen molar-refractivity contribution in [1.82, 2.24) is 0 Å². The van der Waals surface area contributed by atoms with Crippen LogP contribution in [0, 0.1) is 5.92 Å². The third kappa shape index (κ3) is 5.21. The van der Waals surface area contributed by atoms with Gasteiger partial charge in [0.2, 0.25) is 0 Å². The number of aliphatic hydroxyl groups is 2. The van der Waals surface area contributed by atoms with Crippen LogP contribution in [-0.2, 0) is 13.0 Å². The highest BCUT2D eigenvalue weighted by Crippen LogP contribution is 2.19. The summed E-state index contributed by atoms with van der Waals surface area (Å²) in [6.45, 7) is 0.745. The second kappa shape index (κ2) is 8.45. The Labute approximate surface area is 125 Å². The molecule has 0 saturated heterocycles. The molecule has 0 radical (unpaired) electrons. The lowest BCUT2D eigenvalue weighted by atomic mass is 9.97. The normalized spacial score (nSPS) is 12.1. The summed E-state index contributed by atoms with van der Waals surface area (Å²) < 4.78 is 5.80. The Hall–Kier alpha value is -1.84. The zero-order valence-electron chi connectivity index (χ0n) is 12.1. The summed E-state index contributed by atoms with van der Waals surface area (Å²) in [5, 5.41) is 18.3. The maximum Gasteiger partial charge on any atom is 0.120 e. The summed E-state index contributed by atoms with van der Waals surface area (Å²) in [4.78, 5) is 0. The van der Waals surface area contributed by atoms with E-state index >= 15 is 0 Å². The van der Waals surface area contributed by atoms with Crippen LogP contribution in [-0.4, -0.2) is 23.4 Å². The van der Waals surface area contributed by atoms with Gasteiger partial charge in [-0.25, -0.2) is 0 Å². The highest BCUT2D eigenvalue weighted by molar-refractivity contribution is 5.29. The fourth-order valence-electron chi connectivity index (χ4n) is 2.28. The van der Waals surface area contributed by atoms with Gasteiger partial charge in [0.25, 0.3) is 0 Å². The van der Waals surface area contributed by atoms with Crippen LogP contribution >= 0.6 is 0 Å². The summed E-state index contributed by atoms with van der Waals surface area (Å²) in [6.07, 6.45) is 1.37. The van der Waals surface area contributed by atoms with Gasteiger partial charge in [-0.1, -0.05) is 42.5 Å². The van der Waals surface area contributed by atoms with Crippen molar-refractivity contribution in [2.45, 2.75) is 19.4 Å². The minimum absolute atomic E-state index is 0.0929. The van der Waals surface area contributed by atoms with Gasteiger partial charge in [-0.15, -0.1) is 0 Å². The van der Waals surface area contributed by atoms with Gasteiger partial charge in [-0.05, 0) is 42.0 Å². The smallest absolute Gasteiger partial charge is 0.120 e. The summed E-state index contributed by atoms with van der Waals surface area (Å²) in [6, 6.07) is 18.0. The second-order valence-corrected chi connectivity index (χ2v) is 5.19. The molecular formula is C18H22O3. The monoisotopic (exact) mass is 286 g/mol. The molecule has 112 valence electrons. The average Bonchev–Trinajstić information content (AvgIpc) is 2.54. The van der Waals surface area contributed by atoms with E-state index in [2.05, 4.69) is 0 Å². The molecular weight excluding hydrogens is 264 g/mol. The zero-order valence-corrected chi connectivity index (χ0v) is 12.1. The molecule has 0 aliphatic heterocycles. The van der Waals surface area contributed by atoms with Gasteiger partial charge in [0.15, 0.2) is 0 Å². The zero-order chi connectivity index (χ0) is 14.9. The first-order valence-corrected chi connectivity index (χ1v) is 7.29. The van der Waals surface area contributed by atoms with Crippen LogP contribution in [0.4, 0.5) is 0 Å². The van der Waals surface area contributed by atoms with Crippen molar-refractivity contribution < 1.29 is 14.9 Å². The van der Waals surface area contributed by atoms with E-state index in [0.717, 1.165) is 23.3 Å². The highest BCUT2D eigenvalue weighted by Gasteiger charge is 2.08. The number of benzene rings is 2. The molecule has 3 heteroatoms. The Morgan fingerprint density at radius 3 is 2.38 bits per heavy atom. The van der Waals surface area contributed by atoms with E-state index in [1.165, 1.54) is 0 Å². The lowest BCUT2D eigenvalue weighted by Crippen LogP contribution is -2.11. The quantitative estimate of drug-likeness (QED) is 0.784. The van der Waals surface area contributed by atoms with Gasteiger partial charge >= 0.3 is 0 Å². The maximum absolute atomic E-state index is 9.30. The molecule has 0 aromatic heterocycles. The van der Waals surface area contributed by atoms with Crippen molar-refractivity contribution in [3.05, 3.63) is 65.7 Å². The second-order valence-electron chi connectivity index (χ2n) is 5.19. The summed E-state index contributed by atoms with van der Waals surface area (Å²) in [5.41, 5.74) is 2.25. The molecule has 0 spiro atoms. The van der Waals surface area contributed by atoms with Crippen LogP contribution in [0.2, 0.25) is 0 Å². The lowest BCUT2D eigenvalue weighted by Gasteiger charge is -2.13. The molecule has 0 heterocycles. The first-order valence-electron chi connectivity index (χ1n) is 7.29. The SMILES string of the molecule is OCCC(CO)Cc1cccc(OCc2ccccc2)c1. The van der Waals surface area contributed by atoms with Crippen LogP contribution < -0.4 is 4.74 Å². The predicted molar refractivity (Wildman–Crippen MR) is 83.2 cm³/mol. The number of rotatable bonds is 8. The van der Waals surface area contributed by atoms with Crippen molar-refractivity contribution in [2.24, 2.45) is 5.92 Å². The van der Waals surface area contributed by atoms with E-state index < -0.39 is 0 Å².